The second-order valence-corrected chi connectivity index (χ2v) is 4.04. The largest absolute Gasteiger partial charge is 0.382 e. The van der Waals surface area contributed by atoms with Gasteiger partial charge in [-0.3, -0.25) is 0 Å². The smallest absolute Gasteiger partial charge is 0.0381 e. The summed E-state index contributed by atoms with van der Waals surface area (Å²) < 4.78 is 0. The van der Waals surface area contributed by atoms with Gasteiger partial charge in [0.1, 0.15) is 0 Å². The maximum Gasteiger partial charge on any atom is 0.0381 e. The average molecular weight is 175 g/mol. The Hall–Kier alpha value is -0.980. The van der Waals surface area contributed by atoms with Gasteiger partial charge in [0, 0.05) is 17.6 Å². The Kier molecular flexibility index (Phi) is 2.03. The van der Waals surface area contributed by atoms with Crippen molar-refractivity contribution < 1.29 is 0 Å². The van der Waals surface area contributed by atoms with Crippen molar-refractivity contribution in [1.82, 2.24) is 0 Å². The van der Waals surface area contributed by atoms with Crippen molar-refractivity contribution in [2.75, 3.05) is 5.32 Å². The summed E-state index contributed by atoms with van der Waals surface area (Å²) in [5.41, 5.74) is 4.19. The number of hydrogen-bond donors (Lipinski definition) is 1. The predicted octanol–water partition coefficient (Wildman–Crippen LogP) is 3.30. The summed E-state index contributed by atoms with van der Waals surface area (Å²) in [6, 6.07) is 7.33. The predicted molar refractivity (Wildman–Crippen MR) is 57.3 cm³/mol. The first-order valence-corrected chi connectivity index (χ1v) is 5.09. The minimum absolute atomic E-state index is 0.599. The third kappa shape index (κ3) is 1.32. The summed E-state index contributed by atoms with van der Waals surface area (Å²) in [7, 11) is 0. The highest BCUT2D eigenvalue weighted by atomic mass is 15.0. The summed E-state index contributed by atoms with van der Waals surface area (Å²) in [5.74, 6) is 0.704. The quantitative estimate of drug-likeness (QED) is 0.690. The summed E-state index contributed by atoms with van der Waals surface area (Å²) in [4.78, 5) is 0. The lowest BCUT2D eigenvalue weighted by Gasteiger charge is -2.12. The van der Waals surface area contributed by atoms with Gasteiger partial charge in [-0.1, -0.05) is 19.1 Å². The van der Waals surface area contributed by atoms with E-state index in [4.69, 9.17) is 0 Å². The van der Waals surface area contributed by atoms with E-state index in [1.165, 1.54) is 23.2 Å². The van der Waals surface area contributed by atoms with E-state index >= 15 is 0 Å². The second-order valence-electron chi connectivity index (χ2n) is 4.04. The molecule has 1 N–H and O–H groups in total. The monoisotopic (exact) mass is 175 g/mol. The SMILES string of the molecule is CCC1c2ccc(C)cc2NC1C. The molecule has 1 aliphatic rings. The Labute approximate surface area is 80.2 Å². The van der Waals surface area contributed by atoms with E-state index in [-0.39, 0.29) is 0 Å². The third-order valence-electron chi connectivity index (χ3n) is 3.03. The van der Waals surface area contributed by atoms with E-state index in [2.05, 4.69) is 44.3 Å². The Morgan fingerprint density at radius 1 is 1.38 bits per heavy atom. The maximum atomic E-state index is 3.54. The molecule has 0 fully saturated rings. The number of rotatable bonds is 1. The van der Waals surface area contributed by atoms with Crippen LogP contribution >= 0.6 is 0 Å². The number of hydrogen-bond acceptors (Lipinski definition) is 1. The molecular weight excluding hydrogens is 158 g/mol. The lowest BCUT2D eigenvalue weighted by molar-refractivity contribution is 0.613. The zero-order valence-electron chi connectivity index (χ0n) is 8.59. The molecule has 0 amide bonds. The fourth-order valence-corrected chi connectivity index (χ4v) is 2.31. The van der Waals surface area contributed by atoms with Crippen LogP contribution in [0, 0.1) is 6.92 Å². The first-order valence-electron chi connectivity index (χ1n) is 5.09. The van der Waals surface area contributed by atoms with Crippen LogP contribution in [0.4, 0.5) is 5.69 Å². The molecule has 1 aromatic carbocycles. The molecular formula is C12H17N. The van der Waals surface area contributed by atoms with Gasteiger partial charge < -0.3 is 5.32 Å². The molecule has 0 saturated carbocycles. The molecule has 0 saturated heterocycles. The van der Waals surface area contributed by atoms with E-state index < -0.39 is 0 Å². The van der Waals surface area contributed by atoms with Gasteiger partial charge in [-0.15, -0.1) is 0 Å². The van der Waals surface area contributed by atoms with Crippen LogP contribution in [0.25, 0.3) is 0 Å². The van der Waals surface area contributed by atoms with Gasteiger partial charge >= 0.3 is 0 Å². The van der Waals surface area contributed by atoms with E-state index in [9.17, 15) is 0 Å². The van der Waals surface area contributed by atoms with Gasteiger partial charge in [-0.2, -0.15) is 0 Å². The van der Waals surface area contributed by atoms with Crippen LogP contribution in [0.3, 0.4) is 0 Å². The first kappa shape index (κ1) is 8.61. The van der Waals surface area contributed by atoms with Crippen LogP contribution in [0.1, 0.15) is 37.3 Å². The highest BCUT2D eigenvalue weighted by molar-refractivity contribution is 5.60. The van der Waals surface area contributed by atoms with Crippen molar-refractivity contribution in [2.45, 2.75) is 39.2 Å². The van der Waals surface area contributed by atoms with Gasteiger partial charge in [0.25, 0.3) is 0 Å². The molecule has 2 atom stereocenters. The van der Waals surface area contributed by atoms with Crippen molar-refractivity contribution in [3.05, 3.63) is 29.3 Å². The van der Waals surface area contributed by atoms with Crippen LogP contribution in [-0.2, 0) is 0 Å². The number of anilines is 1. The molecule has 0 spiro atoms. The molecule has 0 bridgehead atoms. The molecule has 13 heavy (non-hydrogen) atoms. The summed E-state index contributed by atoms with van der Waals surface area (Å²) in [5, 5.41) is 3.54. The number of aryl methyl sites for hydroxylation is 1. The van der Waals surface area contributed by atoms with Crippen molar-refractivity contribution in [1.29, 1.82) is 0 Å². The van der Waals surface area contributed by atoms with E-state index in [1.807, 2.05) is 0 Å². The molecule has 2 rings (SSSR count). The highest BCUT2D eigenvalue weighted by Crippen LogP contribution is 2.37. The Balaban J connectivity index is 2.42. The average Bonchev–Trinajstić information content (AvgIpc) is 2.39. The molecule has 0 aliphatic carbocycles. The van der Waals surface area contributed by atoms with E-state index in [1.54, 1.807) is 0 Å². The normalized spacial score (nSPS) is 25.5. The van der Waals surface area contributed by atoms with Gasteiger partial charge in [-0.05, 0) is 37.5 Å². The minimum Gasteiger partial charge on any atom is -0.382 e. The standard InChI is InChI=1S/C12H17N/c1-4-10-9(3)13-12-7-8(2)5-6-11(10)12/h5-7,9-10,13H,4H2,1-3H3. The molecule has 1 heterocycles. The summed E-state index contributed by atoms with van der Waals surface area (Å²) in [6.45, 7) is 6.67. The lowest BCUT2D eigenvalue weighted by atomic mass is 9.93. The van der Waals surface area contributed by atoms with Crippen LogP contribution in [0.15, 0.2) is 18.2 Å². The Morgan fingerprint density at radius 2 is 2.15 bits per heavy atom. The molecule has 0 aromatic heterocycles. The van der Waals surface area contributed by atoms with Crippen LogP contribution in [0.5, 0.6) is 0 Å². The summed E-state index contributed by atoms with van der Waals surface area (Å²) >= 11 is 0. The highest BCUT2D eigenvalue weighted by Gasteiger charge is 2.26. The van der Waals surface area contributed by atoms with Crippen molar-refractivity contribution in [2.24, 2.45) is 0 Å². The molecule has 1 heteroatoms. The molecule has 2 unspecified atom stereocenters. The summed E-state index contributed by atoms with van der Waals surface area (Å²) in [6.07, 6.45) is 1.23. The lowest BCUT2D eigenvalue weighted by Crippen LogP contribution is -2.14. The van der Waals surface area contributed by atoms with Gasteiger partial charge in [0.2, 0.25) is 0 Å². The van der Waals surface area contributed by atoms with Crippen LogP contribution in [0.2, 0.25) is 0 Å². The van der Waals surface area contributed by atoms with Crippen LogP contribution in [-0.4, -0.2) is 6.04 Å². The number of fused-ring (bicyclic) bond motifs is 1. The zero-order chi connectivity index (χ0) is 9.42. The van der Waals surface area contributed by atoms with Gasteiger partial charge in [-0.25, -0.2) is 0 Å². The number of benzene rings is 1. The van der Waals surface area contributed by atoms with Crippen molar-refractivity contribution in [3.8, 4) is 0 Å². The first-order chi connectivity index (χ1) is 6.22. The third-order valence-corrected chi connectivity index (χ3v) is 3.03. The zero-order valence-corrected chi connectivity index (χ0v) is 8.59. The van der Waals surface area contributed by atoms with Crippen molar-refractivity contribution in [3.63, 3.8) is 0 Å². The van der Waals surface area contributed by atoms with Crippen molar-refractivity contribution >= 4 is 5.69 Å². The fourth-order valence-electron chi connectivity index (χ4n) is 2.31. The molecule has 70 valence electrons. The molecule has 1 aliphatic heterocycles. The molecule has 1 aromatic rings. The topological polar surface area (TPSA) is 12.0 Å². The van der Waals surface area contributed by atoms with Gasteiger partial charge in [0.15, 0.2) is 0 Å². The van der Waals surface area contributed by atoms with E-state index in [0.717, 1.165) is 0 Å². The number of nitrogens with one attached hydrogen (secondary N) is 1. The Morgan fingerprint density at radius 3 is 2.85 bits per heavy atom. The molecule has 1 nitrogen and oxygen atoms in total. The van der Waals surface area contributed by atoms with Crippen LogP contribution < -0.4 is 5.32 Å². The Bertz CT molecular complexity index is 317. The maximum absolute atomic E-state index is 3.54. The van der Waals surface area contributed by atoms with E-state index in [0.29, 0.717) is 12.0 Å². The second kappa shape index (κ2) is 3.06. The van der Waals surface area contributed by atoms with Gasteiger partial charge in [0.05, 0.1) is 0 Å². The fraction of sp³-hybridized carbons (Fsp3) is 0.500. The minimum atomic E-state index is 0.599. The molecule has 0 radical (unpaired) electrons.